The number of hydrogen-bond donors (Lipinski definition) is 0. The minimum absolute atomic E-state index is 0.0599. The summed E-state index contributed by atoms with van der Waals surface area (Å²) in [5.41, 5.74) is 1.70. The second-order valence-electron chi connectivity index (χ2n) is 7.39. The zero-order valence-corrected chi connectivity index (χ0v) is 15.4. The van der Waals surface area contributed by atoms with Crippen molar-refractivity contribution in [2.45, 2.75) is 19.3 Å². The third-order valence-electron chi connectivity index (χ3n) is 5.26. The summed E-state index contributed by atoms with van der Waals surface area (Å²) in [6.07, 6.45) is 3.42. The number of benzene rings is 2. The van der Waals surface area contributed by atoms with Gasteiger partial charge in [0, 0.05) is 37.4 Å². The first kappa shape index (κ1) is 17.8. The number of ether oxygens (including phenoxy) is 1. The van der Waals surface area contributed by atoms with Gasteiger partial charge in [-0.05, 0) is 73.7 Å². The highest BCUT2D eigenvalue weighted by Gasteiger charge is 2.22. The molecule has 1 heterocycles. The maximum absolute atomic E-state index is 13.1. The Morgan fingerprint density at radius 1 is 0.963 bits per heavy atom. The molecule has 142 valence electrons. The van der Waals surface area contributed by atoms with Crippen LogP contribution in [-0.4, -0.2) is 43.6 Å². The highest BCUT2D eigenvalue weighted by molar-refractivity contribution is 5.94. The lowest BCUT2D eigenvalue weighted by Crippen LogP contribution is -2.35. The summed E-state index contributed by atoms with van der Waals surface area (Å²) in [5.74, 6) is 1.38. The third-order valence-corrected chi connectivity index (χ3v) is 5.26. The van der Waals surface area contributed by atoms with Gasteiger partial charge in [-0.3, -0.25) is 4.79 Å². The Balaban J connectivity index is 1.35. The van der Waals surface area contributed by atoms with Crippen molar-refractivity contribution in [2.75, 3.05) is 37.7 Å². The Labute approximate surface area is 159 Å². The Hall–Kier alpha value is -2.56. The Bertz CT molecular complexity index is 772. The fraction of sp³-hybridized carbons (Fsp3) is 0.409. The molecule has 0 atom stereocenters. The van der Waals surface area contributed by atoms with Gasteiger partial charge in [0.25, 0.3) is 5.91 Å². The highest BCUT2D eigenvalue weighted by atomic mass is 19.1. The van der Waals surface area contributed by atoms with Gasteiger partial charge in [0.05, 0.1) is 6.61 Å². The Kier molecular flexibility index (Phi) is 5.28. The normalized spacial score (nSPS) is 17.5. The first-order valence-electron chi connectivity index (χ1n) is 9.72. The standard InChI is InChI=1S/C22H25FN2O2/c23-19-6-8-20(9-7-19)24-12-1-13-25(15-14-24)22(26)18-4-10-21(11-5-18)27-16-17-2-3-17/h4-11,17H,1-3,12-16H2. The van der Waals surface area contributed by atoms with Crippen LogP contribution in [-0.2, 0) is 0 Å². The molecule has 1 amide bonds. The van der Waals surface area contributed by atoms with Gasteiger partial charge in [-0.25, -0.2) is 4.39 Å². The van der Waals surface area contributed by atoms with Gasteiger partial charge in [-0.1, -0.05) is 0 Å². The number of anilines is 1. The van der Waals surface area contributed by atoms with Crippen LogP contribution in [0, 0.1) is 11.7 Å². The number of halogens is 1. The second-order valence-corrected chi connectivity index (χ2v) is 7.39. The summed E-state index contributed by atoms with van der Waals surface area (Å²) in [6.45, 7) is 3.79. The van der Waals surface area contributed by atoms with Crippen LogP contribution in [0.15, 0.2) is 48.5 Å². The summed E-state index contributed by atoms with van der Waals surface area (Å²) < 4.78 is 18.9. The van der Waals surface area contributed by atoms with Crippen LogP contribution >= 0.6 is 0 Å². The van der Waals surface area contributed by atoms with Crippen molar-refractivity contribution >= 4 is 11.6 Å². The van der Waals surface area contributed by atoms with Crippen molar-refractivity contribution in [3.8, 4) is 5.75 Å². The molecule has 1 aliphatic carbocycles. The molecule has 2 aromatic carbocycles. The smallest absolute Gasteiger partial charge is 0.253 e. The van der Waals surface area contributed by atoms with Gasteiger partial charge in [0.2, 0.25) is 0 Å². The third kappa shape index (κ3) is 4.59. The number of hydrogen-bond acceptors (Lipinski definition) is 3. The zero-order valence-electron chi connectivity index (χ0n) is 15.4. The molecule has 0 aromatic heterocycles. The molecular weight excluding hydrogens is 343 g/mol. The molecule has 0 unspecified atom stereocenters. The quantitative estimate of drug-likeness (QED) is 0.801. The lowest BCUT2D eigenvalue weighted by Gasteiger charge is -2.24. The summed E-state index contributed by atoms with van der Waals surface area (Å²) in [4.78, 5) is 17.0. The molecule has 2 aliphatic rings. The van der Waals surface area contributed by atoms with E-state index in [-0.39, 0.29) is 11.7 Å². The van der Waals surface area contributed by atoms with E-state index in [1.807, 2.05) is 29.2 Å². The molecule has 1 saturated heterocycles. The van der Waals surface area contributed by atoms with Gasteiger partial charge in [0.15, 0.2) is 0 Å². The van der Waals surface area contributed by atoms with E-state index in [4.69, 9.17) is 4.74 Å². The maximum Gasteiger partial charge on any atom is 0.253 e. The summed E-state index contributed by atoms with van der Waals surface area (Å²) in [6, 6.07) is 14.0. The van der Waals surface area contributed by atoms with Crippen LogP contribution in [0.3, 0.4) is 0 Å². The van der Waals surface area contributed by atoms with Crippen molar-refractivity contribution in [2.24, 2.45) is 5.92 Å². The first-order valence-corrected chi connectivity index (χ1v) is 9.72. The maximum atomic E-state index is 13.1. The van der Waals surface area contributed by atoms with Crippen molar-refractivity contribution in [1.82, 2.24) is 4.90 Å². The van der Waals surface area contributed by atoms with Crippen LogP contribution in [0.25, 0.3) is 0 Å². The van der Waals surface area contributed by atoms with E-state index in [9.17, 15) is 9.18 Å². The number of carbonyl (C=O) groups is 1. The van der Waals surface area contributed by atoms with Gasteiger partial charge < -0.3 is 14.5 Å². The second kappa shape index (κ2) is 7.99. The largest absolute Gasteiger partial charge is 0.493 e. The van der Waals surface area contributed by atoms with Crippen LogP contribution in [0.4, 0.5) is 10.1 Å². The van der Waals surface area contributed by atoms with Gasteiger partial charge >= 0.3 is 0 Å². The molecule has 0 radical (unpaired) electrons. The number of nitrogens with zero attached hydrogens (tertiary/aromatic N) is 2. The SMILES string of the molecule is O=C(c1ccc(OCC2CC2)cc1)N1CCCN(c2ccc(F)cc2)CC1. The molecule has 2 aromatic rings. The van der Waals surface area contributed by atoms with Gasteiger partial charge in [-0.15, -0.1) is 0 Å². The molecular formula is C22H25FN2O2. The molecule has 4 nitrogen and oxygen atoms in total. The fourth-order valence-electron chi connectivity index (χ4n) is 3.41. The molecule has 0 spiro atoms. The first-order chi connectivity index (χ1) is 13.2. The molecule has 1 saturated carbocycles. The minimum Gasteiger partial charge on any atom is -0.493 e. The molecule has 0 bridgehead atoms. The van der Waals surface area contributed by atoms with Crippen LogP contribution in [0.2, 0.25) is 0 Å². The monoisotopic (exact) mass is 368 g/mol. The number of amides is 1. The van der Waals surface area contributed by atoms with E-state index in [1.165, 1.54) is 25.0 Å². The van der Waals surface area contributed by atoms with E-state index in [2.05, 4.69) is 4.90 Å². The van der Waals surface area contributed by atoms with Gasteiger partial charge in [-0.2, -0.15) is 0 Å². The van der Waals surface area contributed by atoms with E-state index in [0.717, 1.165) is 44.1 Å². The topological polar surface area (TPSA) is 32.8 Å². The molecule has 0 N–H and O–H groups in total. The lowest BCUT2D eigenvalue weighted by molar-refractivity contribution is 0.0767. The van der Waals surface area contributed by atoms with E-state index in [0.29, 0.717) is 18.0 Å². The number of rotatable bonds is 5. The van der Waals surface area contributed by atoms with Crippen LogP contribution in [0.1, 0.15) is 29.6 Å². The van der Waals surface area contributed by atoms with E-state index < -0.39 is 0 Å². The summed E-state index contributed by atoms with van der Waals surface area (Å²) in [7, 11) is 0. The molecule has 2 fully saturated rings. The minimum atomic E-state index is -0.227. The molecule has 27 heavy (non-hydrogen) atoms. The van der Waals surface area contributed by atoms with Crippen molar-refractivity contribution < 1.29 is 13.9 Å². The van der Waals surface area contributed by atoms with Gasteiger partial charge in [0.1, 0.15) is 11.6 Å². The molecule has 5 heteroatoms. The Morgan fingerprint density at radius 2 is 1.70 bits per heavy atom. The van der Waals surface area contributed by atoms with Crippen LogP contribution in [0.5, 0.6) is 5.75 Å². The Morgan fingerprint density at radius 3 is 2.41 bits per heavy atom. The van der Waals surface area contributed by atoms with Crippen molar-refractivity contribution in [3.05, 3.63) is 59.9 Å². The van der Waals surface area contributed by atoms with E-state index >= 15 is 0 Å². The average molecular weight is 368 g/mol. The summed E-state index contributed by atoms with van der Waals surface area (Å²) in [5, 5.41) is 0. The predicted octanol–water partition coefficient (Wildman–Crippen LogP) is 3.97. The number of carbonyl (C=O) groups excluding carboxylic acids is 1. The molecule has 1 aliphatic heterocycles. The van der Waals surface area contributed by atoms with Crippen LogP contribution < -0.4 is 9.64 Å². The molecule has 4 rings (SSSR count). The lowest BCUT2D eigenvalue weighted by atomic mass is 10.2. The zero-order chi connectivity index (χ0) is 18.6. The van der Waals surface area contributed by atoms with Crippen molar-refractivity contribution in [1.29, 1.82) is 0 Å². The van der Waals surface area contributed by atoms with Crippen molar-refractivity contribution in [3.63, 3.8) is 0 Å². The summed E-state index contributed by atoms with van der Waals surface area (Å²) >= 11 is 0. The predicted molar refractivity (Wildman–Crippen MR) is 104 cm³/mol. The van der Waals surface area contributed by atoms with E-state index in [1.54, 1.807) is 12.1 Å². The fourth-order valence-corrected chi connectivity index (χ4v) is 3.41. The highest BCUT2D eigenvalue weighted by Crippen LogP contribution is 2.29. The average Bonchev–Trinajstić information content (AvgIpc) is 3.54.